The van der Waals surface area contributed by atoms with Gasteiger partial charge in [0.1, 0.15) is 0 Å². The highest BCUT2D eigenvalue weighted by Gasteiger charge is 2.15. The Morgan fingerprint density at radius 2 is 2.21 bits per heavy atom. The average molecular weight is 290 g/mol. The van der Waals surface area contributed by atoms with Crippen LogP contribution in [0.25, 0.3) is 0 Å². The molecular weight excluding hydrogens is 274 g/mol. The van der Waals surface area contributed by atoms with Gasteiger partial charge in [0.2, 0.25) is 5.91 Å². The number of benzene rings is 1. The van der Waals surface area contributed by atoms with Gasteiger partial charge in [-0.25, -0.2) is 0 Å². The van der Waals surface area contributed by atoms with E-state index in [1.807, 2.05) is 0 Å². The predicted molar refractivity (Wildman–Crippen MR) is 72.4 cm³/mol. The van der Waals surface area contributed by atoms with Crippen molar-refractivity contribution < 1.29 is 14.5 Å². The van der Waals surface area contributed by atoms with Crippen LogP contribution in [0.15, 0.2) is 18.2 Å². The molecule has 0 bridgehead atoms. The molecule has 0 heterocycles. The van der Waals surface area contributed by atoms with Crippen molar-refractivity contribution in [2.24, 2.45) is 5.73 Å². The number of nitro groups is 1. The molecule has 1 atom stereocenters. The first kappa shape index (κ1) is 17.1. The SMILES string of the molecule is COc1ccc(CNC(=O)[C@@H](C)N)cc1[N+](=O)[O-].Cl. The third-order valence-electron chi connectivity index (χ3n) is 2.32. The van der Waals surface area contributed by atoms with E-state index in [1.165, 1.54) is 19.2 Å². The molecule has 0 radical (unpaired) electrons. The fourth-order valence-corrected chi connectivity index (χ4v) is 1.34. The van der Waals surface area contributed by atoms with Crippen molar-refractivity contribution in [2.75, 3.05) is 7.11 Å². The molecular formula is C11H16ClN3O4. The molecule has 8 heteroatoms. The van der Waals surface area contributed by atoms with Gasteiger partial charge in [0.25, 0.3) is 0 Å². The van der Waals surface area contributed by atoms with Crippen molar-refractivity contribution in [1.82, 2.24) is 5.32 Å². The van der Waals surface area contributed by atoms with Crippen LogP contribution in [0.5, 0.6) is 5.75 Å². The van der Waals surface area contributed by atoms with Gasteiger partial charge in [0.05, 0.1) is 18.1 Å². The monoisotopic (exact) mass is 289 g/mol. The quantitative estimate of drug-likeness (QED) is 0.621. The Morgan fingerprint density at radius 1 is 1.58 bits per heavy atom. The molecule has 1 aromatic carbocycles. The standard InChI is InChI=1S/C11H15N3O4.ClH/c1-7(12)11(15)13-6-8-3-4-10(18-2)9(5-8)14(16)17;/h3-5,7H,6,12H2,1-2H3,(H,13,15);1H/t7-;/m1./s1. The number of hydrogen-bond acceptors (Lipinski definition) is 5. The van der Waals surface area contributed by atoms with Gasteiger partial charge >= 0.3 is 5.69 Å². The second-order valence-electron chi connectivity index (χ2n) is 3.77. The van der Waals surface area contributed by atoms with Crippen molar-refractivity contribution >= 4 is 24.0 Å². The molecule has 0 unspecified atom stereocenters. The zero-order valence-electron chi connectivity index (χ0n) is 10.6. The van der Waals surface area contributed by atoms with E-state index in [9.17, 15) is 14.9 Å². The third kappa shape index (κ3) is 4.72. The summed E-state index contributed by atoms with van der Waals surface area (Å²) in [5.41, 5.74) is 5.86. The molecule has 0 aliphatic heterocycles. The summed E-state index contributed by atoms with van der Waals surface area (Å²) in [5.74, 6) is -0.129. The van der Waals surface area contributed by atoms with Gasteiger partial charge in [-0.2, -0.15) is 0 Å². The summed E-state index contributed by atoms with van der Waals surface area (Å²) >= 11 is 0. The number of nitrogens with one attached hydrogen (secondary N) is 1. The molecule has 0 aliphatic carbocycles. The lowest BCUT2D eigenvalue weighted by atomic mass is 10.2. The summed E-state index contributed by atoms with van der Waals surface area (Å²) < 4.78 is 4.88. The maximum atomic E-state index is 11.3. The van der Waals surface area contributed by atoms with Gasteiger partial charge < -0.3 is 15.8 Å². The Morgan fingerprint density at radius 3 is 2.68 bits per heavy atom. The van der Waals surface area contributed by atoms with Crippen molar-refractivity contribution in [2.45, 2.75) is 19.5 Å². The van der Waals surface area contributed by atoms with Crippen molar-refractivity contribution in [3.63, 3.8) is 0 Å². The number of amides is 1. The van der Waals surface area contributed by atoms with E-state index >= 15 is 0 Å². The number of rotatable bonds is 5. The summed E-state index contributed by atoms with van der Waals surface area (Å²) in [6, 6.07) is 3.89. The summed E-state index contributed by atoms with van der Waals surface area (Å²) in [6.07, 6.45) is 0. The molecule has 7 nitrogen and oxygen atoms in total. The highest BCUT2D eigenvalue weighted by atomic mass is 35.5. The van der Waals surface area contributed by atoms with Crippen LogP contribution in [0.1, 0.15) is 12.5 Å². The highest BCUT2D eigenvalue weighted by molar-refractivity contribution is 5.85. The number of carbonyl (C=O) groups excluding carboxylic acids is 1. The Bertz CT molecular complexity index is 465. The number of hydrogen-bond donors (Lipinski definition) is 2. The normalized spacial score (nSPS) is 11.1. The first-order chi connectivity index (χ1) is 8.45. The Labute approximate surface area is 116 Å². The van der Waals surface area contributed by atoms with Crippen LogP contribution in [0.4, 0.5) is 5.69 Å². The van der Waals surface area contributed by atoms with Crippen LogP contribution >= 0.6 is 12.4 Å². The molecule has 106 valence electrons. The molecule has 0 saturated heterocycles. The second kappa shape index (κ2) is 7.55. The Balaban J connectivity index is 0.00000324. The van der Waals surface area contributed by atoms with Crippen LogP contribution < -0.4 is 15.8 Å². The minimum absolute atomic E-state index is 0. The van der Waals surface area contributed by atoms with E-state index in [0.717, 1.165) is 0 Å². The average Bonchev–Trinajstić information content (AvgIpc) is 2.35. The van der Waals surface area contributed by atoms with Crippen LogP contribution in [0, 0.1) is 10.1 Å². The van der Waals surface area contributed by atoms with E-state index in [4.69, 9.17) is 10.5 Å². The maximum Gasteiger partial charge on any atom is 0.311 e. The fourth-order valence-electron chi connectivity index (χ4n) is 1.34. The van der Waals surface area contributed by atoms with Crippen LogP contribution in [0.2, 0.25) is 0 Å². The van der Waals surface area contributed by atoms with Crippen LogP contribution in [0.3, 0.4) is 0 Å². The number of carbonyl (C=O) groups is 1. The Hall–Kier alpha value is -1.86. The Kier molecular flexibility index (Phi) is 6.81. The minimum Gasteiger partial charge on any atom is -0.490 e. The van der Waals surface area contributed by atoms with Gasteiger partial charge in [0, 0.05) is 12.6 Å². The third-order valence-corrected chi connectivity index (χ3v) is 2.32. The molecule has 19 heavy (non-hydrogen) atoms. The van der Waals surface area contributed by atoms with Gasteiger partial charge in [-0.3, -0.25) is 14.9 Å². The fraction of sp³-hybridized carbons (Fsp3) is 0.364. The van der Waals surface area contributed by atoms with Crippen molar-refractivity contribution in [3.05, 3.63) is 33.9 Å². The largest absolute Gasteiger partial charge is 0.490 e. The lowest BCUT2D eigenvalue weighted by Crippen LogP contribution is -2.37. The minimum atomic E-state index is -0.613. The number of halogens is 1. The van der Waals surface area contributed by atoms with Crippen molar-refractivity contribution in [1.29, 1.82) is 0 Å². The first-order valence-corrected chi connectivity index (χ1v) is 5.30. The van der Waals surface area contributed by atoms with Crippen molar-refractivity contribution in [3.8, 4) is 5.75 Å². The van der Waals surface area contributed by atoms with E-state index in [0.29, 0.717) is 5.56 Å². The highest BCUT2D eigenvalue weighted by Crippen LogP contribution is 2.27. The van der Waals surface area contributed by atoms with Gasteiger partial charge in [-0.05, 0) is 18.6 Å². The lowest BCUT2D eigenvalue weighted by Gasteiger charge is -2.08. The summed E-state index contributed by atoms with van der Waals surface area (Å²) in [4.78, 5) is 21.5. The molecule has 1 amide bonds. The summed E-state index contributed by atoms with van der Waals surface area (Å²) in [7, 11) is 1.36. The summed E-state index contributed by atoms with van der Waals surface area (Å²) in [6.45, 7) is 1.75. The molecule has 1 aromatic rings. The van der Waals surface area contributed by atoms with Gasteiger partial charge in [-0.1, -0.05) is 6.07 Å². The first-order valence-electron chi connectivity index (χ1n) is 5.30. The molecule has 0 aromatic heterocycles. The molecule has 0 aliphatic rings. The van der Waals surface area contributed by atoms with Crippen LogP contribution in [-0.2, 0) is 11.3 Å². The van der Waals surface area contributed by atoms with E-state index < -0.39 is 11.0 Å². The van der Waals surface area contributed by atoms with Gasteiger partial charge in [0.15, 0.2) is 5.75 Å². The lowest BCUT2D eigenvalue weighted by molar-refractivity contribution is -0.385. The molecule has 1 rings (SSSR count). The zero-order chi connectivity index (χ0) is 13.7. The number of nitrogens with two attached hydrogens (primary N) is 1. The number of nitro benzene ring substituents is 1. The number of ether oxygens (including phenoxy) is 1. The second-order valence-corrected chi connectivity index (χ2v) is 3.77. The smallest absolute Gasteiger partial charge is 0.311 e. The van der Waals surface area contributed by atoms with E-state index in [1.54, 1.807) is 13.0 Å². The predicted octanol–water partition coefficient (Wildman–Crippen LogP) is 0.989. The molecule has 0 spiro atoms. The molecule has 0 fully saturated rings. The molecule has 3 N–H and O–H groups in total. The number of methoxy groups -OCH3 is 1. The van der Waals surface area contributed by atoms with E-state index in [2.05, 4.69) is 5.32 Å². The number of nitrogens with zero attached hydrogens (tertiary/aromatic N) is 1. The topological polar surface area (TPSA) is 107 Å². The zero-order valence-corrected chi connectivity index (χ0v) is 11.4. The summed E-state index contributed by atoms with van der Waals surface area (Å²) in [5, 5.41) is 13.4. The van der Waals surface area contributed by atoms with Gasteiger partial charge in [-0.15, -0.1) is 12.4 Å². The van der Waals surface area contributed by atoms with Crippen LogP contribution in [-0.4, -0.2) is 24.0 Å². The molecule has 0 saturated carbocycles. The van der Waals surface area contributed by atoms with E-state index in [-0.39, 0.29) is 36.3 Å². The maximum absolute atomic E-state index is 11.3.